The first-order chi connectivity index (χ1) is 10.7. The van der Waals surface area contributed by atoms with E-state index in [-0.39, 0.29) is 11.8 Å². The van der Waals surface area contributed by atoms with Gasteiger partial charge in [0, 0.05) is 30.4 Å². The highest BCUT2D eigenvalue weighted by molar-refractivity contribution is 7.09. The lowest BCUT2D eigenvalue weighted by Gasteiger charge is -2.32. The van der Waals surface area contributed by atoms with Crippen LogP contribution in [0.4, 0.5) is 0 Å². The van der Waals surface area contributed by atoms with E-state index in [0.29, 0.717) is 6.04 Å². The average molecular weight is 322 g/mol. The summed E-state index contributed by atoms with van der Waals surface area (Å²) in [5.74, 6) is 0.452. The molecule has 2 aliphatic heterocycles. The van der Waals surface area contributed by atoms with Crippen molar-refractivity contribution in [2.45, 2.75) is 45.2 Å². The second kappa shape index (κ2) is 7.53. The van der Waals surface area contributed by atoms with Gasteiger partial charge in [-0.3, -0.25) is 9.69 Å². The van der Waals surface area contributed by atoms with Crippen LogP contribution in [0.3, 0.4) is 0 Å². The third kappa shape index (κ3) is 4.27. The molecule has 0 saturated carbocycles. The van der Waals surface area contributed by atoms with Gasteiger partial charge in [-0.15, -0.1) is 11.3 Å². The van der Waals surface area contributed by atoms with E-state index in [0.717, 1.165) is 63.4 Å². The minimum absolute atomic E-state index is 0.190. The smallest absolute Gasteiger partial charge is 0.223 e. The largest absolute Gasteiger partial charge is 0.352 e. The van der Waals surface area contributed by atoms with Crippen LogP contribution in [0.25, 0.3) is 0 Å². The standard InChI is InChI=1S/C16H26N4OS/c1-12-18-15(11-22-12)10-20-7-4-13(5-8-20)16(21)19-14-3-2-6-17-9-14/h11,13-14,17H,2-10H2,1H3,(H,19,21)/t14-/m0/s1. The molecule has 1 atom stereocenters. The maximum Gasteiger partial charge on any atom is 0.223 e. The van der Waals surface area contributed by atoms with Crippen LogP contribution in [0, 0.1) is 12.8 Å². The monoisotopic (exact) mass is 322 g/mol. The number of aromatic nitrogens is 1. The summed E-state index contributed by atoms with van der Waals surface area (Å²) in [4.78, 5) is 19.3. The molecule has 6 heteroatoms. The van der Waals surface area contributed by atoms with Gasteiger partial charge < -0.3 is 10.6 Å². The molecule has 2 fully saturated rings. The summed E-state index contributed by atoms with van der Waals surface area (Å²) < 4.78 is 0. The van der Waals surface area contributed by atoms with E-state index in [4.69, 9.17) is 0 Å². The zero-order valence-electron chi connectivity index (χ0n) is 13.3. The first kappa shape index (κ1) is 15.9. The van der Waals surface area contributed by atoms with Crippen LogP contribution in [0.5, 0.6) is 0 Å². The van der Waals surface area contributed by atoms with Gasteiger partial charge in [0.15, 0.2) is 0 Å². The van der Waals surface area contributed by atoms with Crippen molar-refractivity contribution in [2.24, 2.45) is 5.92 Å². The molecular formula is C16H26N4OS. The summed E-state index contributed by atoms with van der Waals surface area (Å²) in [6.07, 6.45) is 4.21. The van der Waals surface area contributed by atoms with Crippen LogP contribution < -0.4 is 10.6 Å². The average Bonchev–Trinajstić information content (AvgIpc) is 2.94. The van der Waals surface area contributed by atoms with Crippen LogP contribution in [0.15, 0.2) is 5.38 Å². The molecule has 1 aromatic rings. The molecule has 0 aliphatic carbocycles. The predicted octanol–water partition coefficient (Wildman–Crippen LogP) is 1.53. The van der Waals surface area contributed by atoms with E-state index < -0.39 is 0 Å². The Bertz CT molecular complexity index is 490. The molecule has 3 heterocycles. The third-order valence-corrected chi connectivity index (χ3v) is 5.48. The summed E-state index contributed by atoms with van der Waals surface area (Å²) >= 11 is 1.71. The van der Waals surface area contributed by atoms with Crippen molar-refractivity contribution in [3.63, 3.8) is 0 Å². The second-order valence-corrected chi connectivity index (χ2v) is 7.52. The van der Waals surface area contributed by atoms with E-state index in [9.17, 15) is 4.79 Å². The fourth-order valence-corrected chi connectivity index (χ4v) is 3.96. The number of nitrogens with zero attached hydrogens (tertiary/aromatic N) is 2. The number of aryl methyl sites for hydroxylation is 1. The number of piperidine rings is 2. The van der Waals surface area contributed by atoms with Crippen molar-refractivity contribution < 1.29 is 4.79 Å². The Morgan fingerprint density at radius 2 is 2.27 bits per heavy atom. The first-order valence-electron chi connectivity index (χ1n) is 8.35. The maximum absolute atomic E-state index is 12.4. The highest BCUT2D eigenvalue weighted by Gasteiger charge is 2.27. The normalized spacial score (nSPS) is 24.3. The highest BCUT2D eigenvalue weighted by atomic mass is 32.1. The van der Waals surface area contributed by atoms with Crippen LogP contribution in [0.1, 0.15) is 36.4 Å². The molecule has 0 bridgehead atoms. The number of carbonyl (C=O) groups excluding carboxylic acids is 1. The summed E-state index contributed by atoms with van der Waals surface area (Å²) in [6, 6.07) is 0.331. The van der Waals surface area contributed by atoms with Gasteiger partial charge in [0.25, 0.3) is 0 Å². The summed E-state index contributed by atoms with van der Waals surface area (Å²) in [5.41, 5.74) is 1.17. The molecule has 2 saturated heterocycles. The quantitative estimate of drug-likeness (QED) is 0.883. The van der Waals surface area contributed by atoms with Crippen molar-refractivity contribution in [1.29, 1.82) is 0 Å². The summed E-state index contributed by atoms with van der Waals surface area (Å²) in [7, 11) is 0. The summed E-state index contributed by atoms with van der Waals surface area (Å²) in [5, 5.41) is 9.85. The molecule has 3 rings (SSSR count). The van der Waals surface area contributed by atoms with Crippen LogP contribution in [-0.2, 0) is 11.3 Å². The Kier molecular flexibility index (Phi) is 5.44. The van der Waals surface area contributed by atoms with E-state index in [2.05, 4.69) is 25.9 Å². The van der Waals surface area contributed by atoms with Gasteiger partial charge in [0.2, 0.25) is 5.91 Å². The lowest BCUT2D eigenvalue weighted by molar-refractivity contribution is -0.127. The number of amides is 1. The van der Waals surface area contributed by atoms with Crippen LogP contribution in [0.2, 0.25) is 0 Å². The Morgan fingerprint density at radius 1 is 1.45 bits per heavy atom. The molecular weight excluding hydrogens is 296 g/mol. The zero-order chi connectivity index (χ0) is 15.4. The number of carbonyl (C=O) groups is 1. The molecule has 5 nitrogen and oxygen atoms in total. The lowest BCUT2D eigenvalue weighted by atomic mass is 9.95. The van der Waals surface area contributed by atoms with Crippen molar-refractivity contribution in [3.05, 3.63) is 16.1 Å². The number of rotatable bonds is 4. The number of hydrogen-bond acceptors (Lipinski definition) is 5. The molecule has 1 aromatic heterocycles. The van der Waals surface area contributed by atoms with Crippen LogP contribution in [-0.4, -0.2) is 48.0 Å². The van der Waals surface area contributed by atoms with Gasteiger partial charge in [-0.2, -0.15) is 0 Å². The molecule has 0 aromatic carbocycles. The van der Waals surface area contributed by atoms with Crippen molar-refractivity contribution in [1.82, 2.24) is 20.5 Å². The molecule has 0 spiro atoms. The molecule has 2 N–H and O–H groups in total. The number of thiazole rings is 1. The predicted molar refractivity (Wildman–Crippen MR) is 88.9 cm³/mol. The SMILES string of the molecule is Cc1nc(CN2CCC(C(=O)N[C@H]3CCCNC3)CC2)cs1. The Hall–Kier alpha value is -0.980. The molecule has 122 valence electrons. The van der Waals surface area contributed by atoms with Crippen molar-refractivity contribution in [2.75, 3.05) is 26.2 Å². The van der Waals surface area contributed by atoms with Crippen LogP contribution >= 0.6 is 11.3 Å². The van der Waals surface area contributed by atoms with Gasteiger partial charge in [0.1, 0.15) is 0 Å². The van der Waals surface area contributed by atoms with E-state index in [1.807, 2.05) is 6.92 Å². The van der Waals surface area contributed by atoms with E-state index in [1.165, 1.54) is 5.69 Å². The molecule has 1 amide bonds. The Morgan fingerprint density at radius 3 is 2.91 bits per heavy atom. The third-order valence-electron chi connectivity index (χ3n) is 4.65. The van der Waals surface area contributed by atoms with Gasteiger partial charge >= 0.3 is 0 Å². The number of hydrogen-bond donors (Lipinski definition) is 2. The fourth-order valence-electron chi connectivity index (χ4n) is 3.36. The lowest BCUT2D eigenvalue weighted by Crippen LogP contribution is -2.49. The first-order valence-corrected chi connectivity index (χ1v) is 9.23. The number of nitrogens with one attached hydrogen (secondary N) is 2. The Labute approximate surface area is 136 Å². The highest BCUT2D eigenvalue weighted by Crippen LogP contribution is 2.20. The van der Waals surface area contributed by atoms with Crippen molar-refractivity contribution in [3.8, 4) is 0 Å². The molecule has 22 heavy (non-hydrogen) atoms. The number of likely N-dealkylation sites (tertiary alicyclic amines) is 1. The van der Waals surface area contributed by atoms with Gasteiger partial charge in [-0.25, -0.2) is 4.98 Å². The van der Waals surface area contributed by atoms with E-state index in [1.54, 1.807) is 11.3 Å². The second-order valence-electron chi connectivity index (χ2n) is 6.46. The minimum atomic E-state index is 0.190. The molecule has 2 aliphatic rings. The minimum Gasteiger partial charge on any atom is -0.352 e. The van der Waals surface area contributed by atoms with Crippen molar-refractivity contribution >= 4 is 17.2 Å². The molecule has 0 unspecified atom stereocenters. The fraction of sp³-hybridized carbons (Fsp3) is 0.750. The van der Waals surface area contributed by atoms with Gasteiger partial charge in [-0.05, 0) is 52.2 Å². The molecule has 0 radical (unpaired) electrons. The van der Waals surface area contributed by atoms with E-state index >= 15 is 0 Å². The zero-order valence-corrected chi connectivity index (χ0v) is 14.1. The maximum atomic E-state index is 12.4. The van der Waals surface area contributed by atoms with Gasteiger partial charge in [-0.1, -0.05) is 0 Å². The Balaban J connectivity index is 1.41. The van der Waals surface area contributed by atoms with Gasteiger partial charge in [0.05, 0.1) is 10.7 Å². The summed E-state index contributed by atoms with van der Waals surface area (Å²) in [6.45, 7) is 6.97. The topological polar surface area (TPSA) is 57.3 Å².